The molecule has 0 N–H and O–H groups in total. The first-order valence-electron chi connectivity index (χ1n) is 28.0. The van der Waals surface area contributed by atoms with Gasteiger partial charge in [0.2, 0.25) is 0 Å². The Morgan fingerprint density at radius 2 is 0.976 bits per heavy atom. The summed E-state index contributed by atoms with van der Waals surface area (Å²) in [6.07, 6.45) is 5.78. The molecule has 16 rings (SSSR count). The van der Waals surface area contributed by atoms with E-state index in [9.17, 15) is 0 Å². The first-order chi connectivity index (χ1) is 40.7. The van der Waals surface area contributed by atoms with Crippen molar-refractivity contribution in [2.24, 2.45) is 0 Å². The van der Waals surface area contributed by atoms with Gasteiger partial charge >= 0.3 is 0 Å². The van der Waals surface area contributed by atoms with Gasteiger partial charge < -0.3 is 22.7 Å². The third kappa shape index (κ3) is 8.62. The Balaban J connectivity index is 0.00000600. The number of ether oxygens (including phenoxy) is 1. The average Bonchev–Trinajstić information content (AvgIpc) is 3.20. The SMILES string of the molecule is CC(C)(C)c1ccnc(-n2c3[c-]c(Oc4[c-]c(-n5[c-][n+](-c6c(-c7ccc8oc9ccc(-c%10ccccc%10)cc9c8c7)cccc6-c6ccc7oc8ccc(-c9ccccc9)cc8c7c6)c6ccccc65)ccc4)ccc3c3ccccc32)c1.[Pt]. The van der Waals surface area contributed by atoms with Crippen molar-refractivity contribution in [3.05, 3.63) is 273 Å². The van der Waals surface area contributed by atoms with Gasteiger partial charge in [-0.05, 0) is 133 Å². The summed E-state index contributed by atoms with van der Waals surface area (Å²) in [7, 11) is 0. The molecule has 0 amide bonds. The summed E-state index contributed by atoms with van der Waals surface area (Å²) in [6, 6.07) is 92.2. The molecule has 0 aliphatic carbocycles. The van der Waals surface area contributed by atoms with Gasteiger partial charge in [-0.1, -0.05) is 172 Å². The first kappa shape index (κ1) is 50.9. The third-order valence-electron chi connectivity index (χ3n) is 16.2. The standard InChI is InChI=1S/C76H50N4O3.Pt/c1-76(2,3)54-38-39-77-74(44-54)80-66-25-11-10-22-60(66)61-33-32-57(46-69(61)80)81-56-21-14-20-55(45-56)78-47-79(68-27-13-12-26-67(68)78)75-58(52-30-36-72-64(42-52)62-40-50(28-34-70(62)82-72)48-16-6-4-7-17-48)23-15-24-59(75)53-31-37-73-65(43-53)63-41-51(29-35-71(63)83-73)49-18-8-5-9-19-49;/h4-44H,1-3H3;/q-2;. The Labute approximate surface area is 499 Å². The fourth-order valence-electron chi connectivity index (χ4n) is 12.1. The van der Waals surface area contributed by atoms with E-state index in [1.165, 1.54) is 5.56 Å². The largest absolute Gasteiger partial charge is 0.510 e. The van der Waals surface area contributed by atoms with Crippen LogP contribution in [0.15, 0.2) is 258 Å². The van der Waals surface area contributed by atoms with Gasteiger partial charge in [0.05, 0.1) is 16.7 Å². The van der Waals surface area contributed by atoms with Crippen LogP contribution < -0.4 is 9.30 Å². The molecule has 5 heterocycles. The van der Waals surface area contributed by atoms with Crippen molar-refractivity contribution in [1.82, 2.24) is 14.1 Å². The van der Waals surface area contributed by atoms with E-state index in [1.54, 1.807) is 0 Å². The summed E-state index contributed by atoms with van der Waals surface area (Å²) >= 11 is 0. The molecule has 0 radical (unpaired) electrons. The Morgan fingerprint density at radius 1 is 0.440 bits per heavy atom. The molecule has 5 aromatic heterocycles. The summed E-state index contributed by atoms with van der Waals surface area (Å²) in [6.45, 7) is 6.67. The number of benzene rings is 11. The minimum atomic E-state index is -0.0539. The smallest absolute Gasteiger partial charge is 0.268 e. The van der Waals surface area contributed by atoms with Crippen molar-refractivity contribution in [3.8, 4) is 73.2 Å². The summed E-state index contributed by atoms with van der Waals surface area (Å²) < 4.78 is 26.3. The Morgan fingerprint density at radius 3 is 1.60 bits per heavy atom. The molecule has 0 atom stereocenters. The van der Waals surface area contributed by atoms with E-state index in [4.69, 9.17) is 18.6 Å². The molecule has 0 saturated carbocycles. The van der Waals surface area contributed by atoms with Crippen molar-refractivity contribution in [2.75, 3.05) is 0 Å². The van der Waals surface area contributed by atoms with Gasteiger partial charge in [0.15, 0.2) is 0 Å². The van der Waals surface area contributed by atoms with Crippen LogP contribution in [0.4, 0.5) is 0 Å². The van der Waals surface area contributed by atoms with Crippen molar-refractivity contribution >= 4 is 76.7 Å². The van der Waals surface area contributed by atoms with Gasteiger partial charge in [0.1, 0.15) is 28.1 Å². The normalized spacial score (nSPS) is 11.9. The van der Waals surface area contributed by atoms with E-state index >= 15 is 0 Å². The zero-order valence-electron chi connectivity index (χ0n) is 46.0. The Hall–Kier alpha value is -10.1. The minimum absolute atomic E-state index is 0. The molecule has 16 aromatic rings. The monoisotopic (exact) mass is 1260 g/mol. The third-order valence-corrected chi connectivity index (χ3v) is 16.2. The molecular formula is C76H50N4O3Pt-2. The number of pyridine rings is 1. The molecule has 0 fully saturated rings. The van der Waals surface area contributed by atoms with Gasteiger partial charge in [-0.25, -0.2) is 4.98 Å². The van der Waals surface area contributed by atoms with Crippen LogP contribution in [-0.4, -0.2) is 14.1 Å². The van der Waals surface area contributed by atoms with E-state index in [1.807, 2.05) is 24.4 Å². The maximum atomic E-state index is 6.76. The van der Waals surface area contributed by atoms with Crippen LogP contribution in [0.1, 0.15) is 26.3 Å². The molecule has 0 aliphatic rings. The number of nitrogens with zero attached hydrogens (tertiary/aromatic N) is 4. The van der Waals surface area contributed by atoms with Crippen molar-refractivity contribution in [2.45, 2.75) is 26.2 Å². The predicted octanol–water partition coefficient (Wildman–Crippen LogP) is 19.4. The second-order valence-electron chi connectivity index (χ2n) is 22.3. The summed E-state index contributed by atoms with van der Waals surface area (Å²) in [5.41, 5.74) is 18.7. The number of hydrogen-bond donors (Lipinski definition) is 0. The number of imidazole rings is 1. The molecule has 0 aliphatic heterocycles. The summed E-state index contributed by atoms with van der Waals surface area (Å²) in [5, 5.41) is 6.39. The Kier molecular flexibility index (Phi) is 12.2. The fraction of sp³-hybridized carbons (Fsp3) is 0.0526. The van der Waals surface area contributed by atoms with Crippen LogP contribution in [0.5, 0.6) is 11.5 Å². The van der Waals surface area contributed by atoms with Gasteiger partial charge in [0.25, 0.3) is 6.33 Å². The molecule has 84 heavy (non-hydrogen) atoms. The molecule has 0 spiro atoms. The van der Waals surface area contributed by atoms with Crippen LogP contribution >= 0.6 is 0 Å². The number of aromatic nitrogens is 4. The van der Waals surface area contributed by atoms with Crippen LogP contribution in [0, 0.1) is 18.5 Å². The van der Waals surface area contributed by atoms with E-state index in [0.717, 1.165) is 138 Å². The maximum absolute atomic E-state index is 6.76. The van der Waals surface area contributed by atoms with E-state index in [0.29, 0.717) is 11.5 Å². The van der Waals surface area contributed by atoms with Gasteiger partial charge in [0, 0.05) is 65.8 Å². The van der Waals surface area contributed by atoms with Crippen molar-refractivity contribution in [3.63, 3.8) is 0 Å². The minimum Gasteiger partial charge on any atom is -0.510 e. The molecular weight excluding hydrogens is 1210 g/mol. The second kappa shape index (κ2) is 20.1. The van der Waals surface area contributed by atoms with Crippen molar-refractivity contribution < 1.29 is 39.2 Å². The van der Waals surface area contributed by atoms with Crippen LogP contribution in [0.25, 0.3) is 138 Å². The van der Waals surface area contributed by atoms with E-state index < -0.39 is 0 Å². The molecule has 8 heteroatoms. The molecule has 7 nitrogen and oxygen atoms in total. The quantitative estimate of drug-likeness (QED) is 0.107. The zero-order valence-corrected chi connectivity index (χ0v) is 48.3. The van der Waals surface area contributed by atoms with Crippen LogP contribution in [0.3, 0.4) is 0 Å². The predicted molar refractivity (Wildman–Crippen MR) is 335 cm³/mol. The summed E-state index contributed by atoms with van der Waals surface area (Å²) in [4.78, 5) is 4.89. The number of hydrogen-bond acceptors (Lipinski definition) is 4. The topological polar surface area (TPSA) is 62.1 Å². The molecule has 11 aromatic carbocycles. The van der Waals surface area contributed by atoms with Gasteiger partial charge in [-0.2, -0.15) is 18.2 Å². The number of furan rings is 2. The second-order valence-corrected chi connectivity index (χ2v) is 22.3. The first-order valence-corrected chi connectivity index (χ1v) is 28.0. The number of rotatable bonds is 9. The van der Waals surface area contributed by atoms with Crippen LogP contribution in [-0.2, 0) is 26.5 Å². The maximum Gasteiger partial charge on any atom is 0.268 e. The average molecular weight is 1260 g/mol. The molecule has 0 saturated heterocycles. The Bertz CT molecular complexity index is 5060. The molecule has 0 unspecified atom stereocenters. The van der Waals surface area contributed by atoms with E-state index in [-0.39, 0.29) is 26.5 Å². The fourth-order valence-corrected chi connectivity index (χ4v) is 12.1. The number of fused-ring (bicyclic) bond motifs is 10. The summed E-state index contributed by atoms with van der Waals surface area (Å²) in [5.74, 6) is 1.94. The molecule has 404 valence electrons. The van der Waals surface area contributed by atoms with Crippen molar-refractivity contribution in [1.29, 1.82) is 0 Å². The van der Waals surface area contributed by atoms with Crippen LogP contribution in [0.2, 0.25) is 0 Å². The zero-order chi connectivity index (χ0) is 55.3. The number of para-hydroxylation sites is 4. The molecule has 0 bridgehead atoms. The van der Waals surface area contributed by atoms with E-state index in [2.05, 4.69) is 277 Å². The van der Waals surface area contributed by atoms with Gasteiger partial charge in [-0.3, -0.25) is 4.57 Å². The van der Waals surface area contributed by atoms with Gasteiger partial charge in [-0.15, -0.1) is 29.7 Å².